The minimum Gasteiger partial charge on any atom is -0.457 e. The highest BCUT2D eigenvalue weighted by atomic mass is 16.5. The zero-order valence-electron chi connectivity index (χ0n) is 36.8. The highest BCUT2D eigenvalue weighted by Gasteiger charge is 2.26. The van der Waals surface area contributed by atoms with Crippen molar-refractivity contribution in [2.45, 2.75) is 0 Å². The molecule has 8 aromatic rings. The van der Waals surface area contributed by atoms with Gasteiger partial charge in [-0.2, -0.15) is 0 Å². The van der Waals surface area contributed by atoms with Gasteiger partial charge < -0.3 is 18.9 Å². The van der Waals surface area contributed by atoms with Gasteiger partial charge in [-0.05, 0) is 181 Å². The topological polar surface area (TPSA) is 146 Å². The van der Waals surface area contributed by atoms with Crippen LogP contribution < -0.4 is 28.7 Å². The Morgan fingerprint density at radius 1 is 0.257 bits per heavy atom. The summed E-state index contributed by atoms with van der Waals surface area (Å²) >= 11 is 0. The molecule has 0 radical (unpaired) electrons. The molecule has 338 valence electrons. The molecule has 0 aliphatic carbocycles. The maximum absolute atomic E-state index is 13.3. The lowest BCUT2D eigenvalue weighted by molar-refractivity contribution is -0.121. The molecule has 0 aromatic heterocycles. The zero-order valence-corrected chi connectivity index (χ0v) is 36.8. The van der Waals surface area contributed by atoms with Gasteiger partial charge in [-0.1, -0.05) is 24.3 Å². The van der Waals surface area contributed by atoms with Crippen molar-refractivity contribution < 1.29 is 47.7 Å². The summed E-state index contributed by atoms with van der Waals surface area (Å²) < 4.78 is 24.0. The summed E-state index contributed by atoms with van der Waals surface area (Å²) in [4.78, 5) is 76.5. The Balaban J connectivity index is 0.682. The molecule has 2 aliphatic heterocycles. The lowest BCUT2D eigenvalue weighted by Gasteiger charge is -2.14. The predicted molar refractivity (Wildman–Crippen MR) is 261 cm³/mol. The van der Waals surface area contributed by atoms with Gasteiger partial charge in [0.25, 0.3) is 23.6 Å². The number of rotatable bonds is 15. The van der Waals surface area contributed by atoms with Crippen molar-refractivity contribution in [1.82, 2.24) is 0 Å². The Hall–Kier alpha value is -9.94. The predicted octanol–water partition coefficient (Wildman–Crippen LogP) is 11.8. The van der Waals surface area contributed by atoms with Crippen molar-refractivity contribution >= 4 is 46.6 Å². The largest absolute Gasteiger partial charge is 0.457 e. The van der Waals surface area contributed by atoms with E-state index >= 15 is 0 Å². The molecule has 0 saturated heterocycles. The maximum atomic E-state index is 13.3. The van der Waals surface area contributed by atoms with E-state index in [1.807, 2.05) is 48.5 Å². The first-order valence-corrected chi connectivity index (χ1v) is 21.8. The number of carbonyl (C=O) groups excluding carboxylic acids is 6. The second-order valence-corrected chi connectivity index (χ2v) is 15.9. The average molecular weight is 921 g/mol. The number of carbonyl (C=O) groups is 6. The third-order valence-corrected chi connectivity index (χ3v) is 11.3. The summed E-state index contributed by atoms with van der Waals surface area (Å²) in [6.07, 6.45) is 4.92. The van der Waals surface area contributed by atoms with E-state index in [2.05, 4.69) is 0 Å². The number of ether oxygens (including phenoxy) is 4. The summed E-state index contributed by atoms with van der Waals surface area (Å²) in [5.41, 5.74) is 4.81. The number of ketones is 2. The average Bonchev–Trinajstić information content (AvgIpc) is 3.92. The van der Waals surface area contributed by atoms with Gasteiger partial charge in [0.2, 0.25) is 0 Å². The monoisotopic (exact) mass is 920 g/mol. The van der Waals surface area contributed by atoms with E-state index in [0.29, 0.717) is 79.6 Å². The summed E-state index contributed by atoms with van der Waals surface area (Å²) in [5.74, 6) is 2.56. The van der Waals surface area contributed by atoms with E-state index in [1.54, 1.807) is 146 Å². The van der Waals surface area contributed by atoms with Crippen LogP contribution in [0.15, 0.2) is 218 Å². The van der Waals surface area contributed by atoms with E-state index in [9.17, 15) is 28.8 Å². The Morgan fingerprint density at radius 2 is 0.443 bits per heavy atom. The molecular weight excluding hydrogens is 885 g/mol. The van der Waals surface area contributed by atoms with E-state index in [4.69, 9.17) is 18.9 Å². The molecule has 70 heavy (non-hydrogen) atoms. The summed E-state index contributed by atoms with van der Waals surface area (Å²) in [7, 11) is 0. The fraction of sp³-hybridized carbons (Fsp3) is 0. The fourth-order valence-electron chi connectivity index (χ4n) is 7.64. The van der Waals surface area contributed by atoms with E-state index < -0.39 is 23.6 Å². The van der Waals surface area contributed by atoms with Crippen molar-refractivity contribution in [3.8, 4) is 57.1 Å². The van der Waals surface area contributed by atoms with Crippen LogP contribution in [0.3, 0.4) is 0 Å². The minimum absolute atomic E-state index is 0.159. The van der Waals surface area contributed by atoms with Gasteiger partial charge in [0.15, 0.2) is 11.6 Å². The second-order valence-electron chi connectivity index (χ2n) is 15.9. The van der Waals surface area contributed by atoms with Crippen molar-refractivity contribution in [3.05, 3.63) is 241 Å². The van der Waals surface area contributed by atoms with Gasteiger partial charge in [-0.25, -0.2) is 9.80 Å². The Labute approximate surface area is 400 Å². The molecule has 0 unspecified atom stereocenters. The molecule has 10 rings (SSSR count). The first-order valence-electron chi connectivity index (χ1n) is 21.8. The van der Waals surface area contributed by atoms with E-state index in [0.717, 1.165) is 20.9 Å². The van der Waals surface area contributed by atoms with Gasteiger partial charge in [0.1, 0.15) is 46.0 Å². The molecule has 2 heterocycles. The van der Waals surface area contributed by atoms with Crippen molar-refractivity contribution in [1.29, 1.82) is 0 Å². The van der Waals surface area contributed by atoms with Crippen LogP contribution in [-0.2, 0) is 19.2 Å². The zero-order chi connectivity index (χ0) is 48.1. The van der Waals surface area contributed by atoms with Crippen LogP contribution >= 0.6 is 0 Å². The number of hydrogen-bond acceptors (Lipinski definition) is 10. The number of benzene rings is 8. The summed E-state index contributed by atoms with van der Waals surface area (Å²) in [5, 5.41) is 0. The molecule has 0 N–H and O–H groups in total. The first kappa shape index (κ1) is 43.9. The lowest BCUT2D eigenvalue weighted by atomic mass is 10.0. The molecule has 0 fully saturated rings. The number of anilines is 2. The quantitative estimate of drug-likeness (QED) is 0.0719. The summed E-state index contributed by atoms with van der Waals surface area (Å²) in [6, 6.07) is 55.9. The van der Waals surface area contributed by atoms with Crippen molar-refractivity contribution in [3.63, 3.8) is 0 Å². The Morgan fingerprint density at radius 3 is 0.657 bits per heavy atom. The van der Waals surface area contributed by atoms with E-state index in [1.165, 1.54) is 24.3 Å². The molecule has 2 aliphatic rings. The van der Waals surface area contributed by atoms with Crippen LogP contribution in [0.2, 0.25) is 0 Å². The van der Waals surface area contributed by atoms with Gasteiger partial charge in [-0.15, -0.1) is 0 Å². The molecule has 0 atom stereocenters. The van der Waals surface area contributed by atoms with Gasteiger partial charge in [-0.3, -0.25) is 28.8 Å². The maximum Gasteiger partial charge on any atom is 0.258 e. The molecule has 12 heteroatoms. The van der Waals surface area contributed by atoms with Gasteiger partial charge in [0, 0.05) is 46.6 Å². The molecule has 0 bridgehead atoms. The third-order valence-electron chi connectivity index (χ3n) is 11.3. The van der Waals surface area contributed by atoms with Gasteiger partial charge >= 0.3 is 0 Å². The fourth-order valence-corrected chi connectivity index (χ4v) is 7.64. The number of imide groups is 2. The smallest absolute Gasteiger partial charge is 0.258 e. The molecule has 0 spiro atoms. The van der Waals surface area contributed by atoms with Crippen LogP contribution in [0.1, 0.15) is 31.8 Å². The molecule has 12 nitrogen and oxygen atoms in total. The molecule has 4 amide bonds. The minimum atomic E-state index is -0.394. The van der Waals surface area contributed by atoms with Crippen LogP contribution in [0.25, 0.3) is 11.1 Å². The SMILES string of the molecule is O=C(c1ccc(Oc2ccc(-c3ccc(Oc4ccc(C(=O)c5ccc(Oc6ccc(N7C(=O)C=CC7=O)cc6)cc5)cc4)cc3)cc2)cc1)c1ccc(Oc2ccc(N3C(=O)C=CC3=O)cc2)cc1. The number of nitrogens with zero attached hydrogens (tertiary/aromatic N) is 2. The molecular formula is C58H36N2O10. The normalized spacial score (nSPS) is 12.9. The number of amides is 4. The van der Waals surface area contributed by atoms with Crippen LogP contribution in [0.4, 0.5) is 11.4 Å². The second kappa shape index (κ2) is 19.1. The Kier molecular flexibility index (Phi) is 12.0. The van der Waals surface area contributed by atoms with Crippen LogP contribution in [-0.4, -0.2) is 35.2 Å². The number of hydrogen-bond donors (Lipinski definition) is 0. The molecule has 0 saturated carbocycles. The highest BCUT2D eigenvalue weighted by Crippen LogP contribution is 2.32. The van der Waals surface area contributed by atoms with Crippen LogP contribution in [0, 0.1) is 0 Å². The molecule has 8 aromatic carbocycles. The third kappa shape index (κ3) is 9.64. The Bertz CT molecular complexity index is 3100. The van der Waals surface area contributed by atoms with Gasteiger partial charge in [0.05, 0.1) is 11.4 Å². The van der Waals surface area contributed by atoms with Crippen molar-refractivity contribution in [2.75, 3.05) is 9.80 Å². The van der Waals surface area contributed by atoms with Crippen molar-refractivity contribution in [2.24, 2.45) is 0 Å². The summed E-state index contributed by atoms with van der Waals surface area (Å²) in [6.45, 7) is 0. The van der Waals surface area contributed by atoms with Crippen LogP contribution in [0.5, 0.6) is 46.0 Å². The standard InChI is InChI=1S/C58H36N2O10/c61-53-33-34-54(62)59(53)43-13-29-51(30-14-43)69-49-25-9-41(10-26-49)57(65)39-5-21-47(22-6-39)67-45-17-1-37(2-18-45)38-3-19-46(20-4-38)68-48-23-7-40(8-24-48)58(66)42-11-27-50(28-12-42)70-52-31-15-44(16-32-52)60-55(63)35-36-56(60)64/h1-36H. The van der Waals surface area contributed by atoms with E-state index in [-0.39, 0.29) is 11.6 Å². The lowest BCUT2D eigenvalue weighted by Crippen LogP contribution is -2.29. The highest BCUT2D eigenvalue weighted by molar-refractivity contribution is 6.28. The first-order chi connectivity index (χ1) is 34.1.